The van der Waals surface area contributed by atoms with E-state index in [0.29, 0.717) is 22.9 Å². The van der Waals surface area contributed by atoms with Crippen molar-refractivity contribution in [3.05, 3.63) is 53.6 Å². The van der Waals surface area contributed by atoms with E-state index in [2.05, 4.69) is 17.2 Å². The van der Waals surface area contributed by atoms with Gasteiger partial charge in [-0.25, -0.2) is 4.98 Å². The quantitative estimate of drug-likeness (QED) is 0.475. The summed E-state index contributed by atoms with van der Waals surface area (Å²) in [6.07, 6.45) is 2.05. The highest BCUT2D eigenvalue weighted by atomic mass is 32.1. The zero-order chi connectivity index (χ0) is 20.4. The fourth-order valence-electron chi connectivity index (χ4n) is 3.07. The molecule has 0 radical (unpaired) electrons. The molecule has 148 valence electrons. The van der Waals surface area contributed by atoms with Crippen LogP contribution >= 0.6 is 11.3 Å². The van der Waals surface area contributed by atoms with Crippen LogP contribution in [0.4, 0.5) is 5.13 Å². The third-order valence-corrected chi connectivity index (χ3v) is 5.49. The number of ether oxygens (including phenoxy) is 1. The first-order chi connectivity index (χ1) is 14.1. The average Bonchev–Trinajstić information content (AvgIpc) is 3.22. The van der Waals surface area contributed by atoms with Crippen molar-refractivity contribution in [3.8, 4) is 5.75 Å². The highest BCUT2D eigenvalue weighted by Gasteiger charge is 2.36. The van der Waals surface area contributed by atoms with Crippen LogP contribution in [0, 0.1) is 0 Å². The number of carbonyl (C=O) groups excluding carboxylic acids is 3. The molecule has 29 heavy (non-hydrogen) atoms. The van der Waals surface area contributed by atoms with Crippen molar-refractivity contribution >= 4 is 44.4 Å². The van der Waals surface area contributed by atoms with Gasteiger partial charge in [0.2, 0.25) is 5.91 Å². The maximum Gasteiger partial charge on any atom is 0.262 e. The number of hydrogen-bond acceptors (Lipinski definition) is 6. The van der Waals surface area contributed by atoms with Crippen molar-refractivity contribution in [3.63, 3.8) is 0 Å². The Morgan fingerprint density at radius 3 is 2.55 bits per heavy atom. The van der Waals surface area contributed by atoms with Gasteiger partial charge in [-0.2, -0.15) is 0 Å². The van der Waals surface area contributed by atoms with Crippen LogP contribution in [0.15, 0.2) is 42.5 Å². The van der Waals surface area contributed by atoms with E-state index in [-0.39, 0.29) is 6.54 Å². The standard InChI is InChI=1S/C21H19N3O4S/c1-2-3-10-28-13-8-9-16-17(11-13)29-21(22-16)23-18(25)12-24-19(26)14-6-4-5-7-15(14)20(24)27/h4-9,11H,2-3,10,12H2,1H3,(H,22,23,25). The minimum Gasteiger partial charge on any atom is -0.494 e. The van der Waals surface area contributed by atoms with E-state index in [1.807, 2.05) is 18.2 Å². The summed E-state index contributed by atoms with van der Waals surface area (Å²) in [5, 5.41) is 3.09. The zero-order valence-corrected chi connectivity index (χ0v) is 16.6. The number of nitrogens with one attached hydrogen (secondary N) is 1. The van der Waals surface area contributed by atoms with E-state index in [0.717, 1.165) is 33.7 Å². The molecule has 3 amide bonds. The maximum atomic E-state index is 12.4. The number of rotatable bonds is 7. The van der Waals surface area contributed by atoms with Crippen molar-refractivity contribution in [1.82, 2.24) is 9.88 Å². The zero-order valence-electron chi connectivity index (χ0n) is 15.8. The predicted molar refractivity (Wildman–Crippen MR) is 110 cm³/mol. The number of hydrogen-bond donors (Lipinski definition) is 1. The Labute approximate surface area is 171 Å². The minimum absolute atomic E-state index is 0.320. The first-order valence-corrected chi connectivity index (χ1v) is 10.2. The molecule has 3 aromatic rings. The number of imide groups is 1. The largest absolute Gasteiger partial charge is 0.494 e. The highest BCUT2D eigenvalue weighted by Crippen LogP contribution is 2.29. The lowest BCUT2D eigenvalue weighted by atomic mass is 10.1. The Kier molecular flexibility index (Phi) is 5.26. The lowest BCUT2D eigenvalue weighted by Crippen LogP contribution is -2.37. The molecule has 0 atom stereocenters. The summed E-state index contributed by atoms with van der Waals surface area (Å²) < 4.78 is 6.58. The second-order valence-corrected chi connectivity index (χ2v) is 7.67. The number of nitrogens with zero attached hydrogens (tertiary/aromatic N) is 2. The van der Waals surface area contributed by atoms with Crippen LogP contribution in [-0.2, 0) is 4.79 Å². The molecular weight excluding hydrogens is 390 g/mol. The van der Waals surface area contributed by atoms with E-state index in [1.165, 1.54) is 11.3 Å². The van der Waals surface area contributed by atoms with Crippen molar-refractivity contribution in [2.24, 2.45) is 0 Å². The molecule has 0 fully saturated rings. The summed E-state index contributed by atoms with van der Waals surface area (Å²) in [5.41, 5.74) is 1.38. The maximum absolute atomic E-state index is 12.4. The molecule has 1 aliphatic rings. The summed E-state index contributed by atoms with van der Waals surface area (Å²) in [6.45, 7) is 2.41. The van der Waals surface area contributed by atoms with Crippen LogP contribution in [0.1, 0.15) is 40.5 Å². The Hall–Kier alpha value is -3.26. The van der Waals surface area contributed by atoms with Crippen molar-refractivity contribution in [2.45, 2.75) is 19.8 Å². The van der Waals surface area contributed by atoms with Gasteiger partial charge in [-0.15, -0.1) is 0 Å². The van der Waals surface area contributed by atoms with Gasteiger partial charge < -0.3 is 10.1 Å². The van der Waals surface area contributed by atoms with Crippen molar-refractivity contribution < 1.29 is 19.1 Å². The van der Waals surface area contributed by atoms with E-state index < -0.39 is 17.7 Å². The van der Waals surface area contributed by atoms with E-state index in [1.54, 1.807) is 24.3 Å². The van der Waals surface area contributed by atoms with E-state index in [4.69, 9.17) is 4.74 Å². The Morgan fingerprint density at radius 1 is 1.14 bits per heavy atom. The third-order valence-electron chi connectivity index (χ3n) is 4.55. The van der Waals surface area contributed by atoms with Crippen LogP contribution in [0.25, 0.3) is 10.2 Å². The normalized spacial score (nSPS) is 13.1. The monoisotopic (exact) mass is 409 g/mol. The van der Waals surface area contributed by atoms with Crippen LogP contribution in [0.2, 0.25) is 0 Å². The van der Waals surface area contributed by atoms with Crippen LogP contribution in [0.5, 0.6) is 5.75 Å². The van der Waals surface area contributed by atoms with Crippen LogP contribution in [-0.4, -0.2) is 40.8 Å². The molecule has 0 bridgehead atoms. The van der Waals surface area contributed by atoms with Crippen LogP contribution in [0.3, 0.4) is 0 Å². The molecule has 0 aliphatic carbocycles. The number of benzene rings is 2. The lowest BCUT2D eigenvalue weighted by molar-refractivity contribution is -0.116. The number of anilines is 1. The summed E-state index contributed by atoms with van der Waals surface area (Å²) in [6, 6.07) is 12.1. The molecule has 0 saturated carbocycles. The van der Waals surface area contributed by atoms with Gasteiger partial charge in [0.15, 0.2) is 5.13 Å². The highest BCUT2D eigenvalue weighted by molar-refractivity contribution is 7.22. The molecule has 8 heteroatoms. The first kappa shape index (κ1) is 19.1. The van der Waals surface area contributed by atoms with E-state index >= 15 is 0 Å². The summed E-state index contributed by atoms with van der Waals surface area (Å²) in [5.74, 6) is -0.630. The number of unbranched alkanes of at least 4 members (excludes halogenated alkanes) is 1. The van der Waals surface area contributed by atoms with Gasteiger partial charge in [0.25, 0.3) is 11.8 Å². The van der Waals surface area contributed by atoms with Crippen LogP contribution < -0.4 is 10.1 Å². The Morgan fingerprint density at radius 2 is 1.86 bits per heavy atom. The topological polar surface area (TPSA) is 88.6 Å². The smallest absolute Gasteiger partial charge is 0.262 e. The summed E-state index contributed by atoms with van der Waals surface area (Å²) >= 11 is 1.31. The molecule has 1 aliphatic heterocycles. The van der Waals surface area contributed by atoms with Gasteiger partial charge in [0.1, 0.15) is 12.3 Å². The molecule has 1 aromatic heterocycles. The number of aromatic nitrogens is 1. The molecule has 2 aromatic carbocycles. The minimum atomic E-state index is -0.474. The molecule has 1 N–H and O–H groups in total. The molecule has 0 spiro atoms. The van der Waals surface area contributed by atoms with Gasteiger partial charge in [0, 0.05) is 0 Å². The molecule has 0 saturated heterocycles. The predicted octanol–water partition coefficient (Wildman–Crippen LogP) is 3.71. The van der Waals surface area contributed by atoms with Crippen molar-refractivity contribution in [2.75, 3.05) is 18.5 Å². The lowest BCUT2D eigenvalue weighted by Gasteiger charge is -2.12. The molecule has 2 heterocycles. The van der Waals surface area contributed by atoms with Gasteiger partial charge in [-0.3, -0.25) is 19.3 Å². The summed E-state index contributed by atoms with van der Waals surface area (Å²) in [7, 11) is 0. The first-order valence-electron chi connectivity index (χ1n) is 9.35. The van der Waals surface area contributed by atoms with Gasteiger partial charge in [-0.05, 0) is 36.8 Å². The third kappa shape index (κ3) is 3.84. The Bertz CT molecular complexity index is 1070. The van der Waals surface area contributed by atoms with E-state index in [9.17, 15) is 14.4 Å². The number of carbonyl (C=O) groups is 3. The fourth-order valence-corrected chi connectivity index (χ4v) is 3.98. The van der Waals surface area contributed by atoms with Crippen molar-refractivity contribution in [1.29, 1.82) is 0 Å². The molecule has 4 rings (SSSR count). The fraction of sp³-hybridized carbons (Fsp3) is 0.238. The second kappa shape index (κ2) is 8.00. The molecular formula is C21H19N3O4S. The number of thiazole rings is 1. The van der Waals surface area contributed by atoms with Gasteiger partial charge >= 0.3 is 0 Å². The summed E-state index contributed by atoms with van der Waals surface area (Å²) in [4.78, 5) is 42.5. The SMILES string of the molecule is CCCCOc1ccc2nc(NC(=O)CN3C(=O)c4ccccc4C3=O)sc2c1. The molecule has 7 nitrogen and oxygen atoms in total. The number of fused-ring (bicyclic) bond motifs is 2. The number of amides is 3. The van der Waals surface area contributed by atoms with Gasteiger partial charge in [-0.1, -0.05) is 36.8 Å². The Balaban J connectivity index is 1.43. The van der Waals surface area contributed by atoms with Gasteiger partial charge in [0.05, 0.1) is 28.0 Å². The molecule has 0 unspecified atom stereocenters. The second-order valence-electron chi connectivity index (χ2n) is 6.64. The average molecular weight is 409 g/mol.